The minimum Gasteiger partial charge on any atom is -0.318 e. The van der Waals surface area contributed by atoms with Crippen molar-refractivity contribution in [2.24, 2.45) is 5.10 Å². The number of aryl methyl sites for hydroxylation is 3. The van der Waals surface area contributed by atoms with Crippen LogP contribution in [0.15, 0.2) is 53.6 Å². The van der Waals surface area contributed by atoms with E-state index in [1.165, 1.54) is 0 Å². The highest BCUT2D eigenvalue weighted by Gasteiger charge is 2.22. The minimum absolute atomic E-state index is 0.371. The van der Waals surface area contributed by atoms with E-state index in [0.717, 1.165) is 44.3 Å². The minimum atomic E-state index is -3.66. The zero-order valence-electron chi connectivity index (χ0n) is 19.3. The molecule has 1 heterocycles. The van der Waals surface area contributed by atoms with Gasteiger partial charge in [-0.3, -0.25) is 9.10 Å². The molecule has 0 saturated carbocycles. The summed E-state index contributed by atoms with van der Waals surface area (Å²) in [6.45, 7) is 7.24. The predicted molar refractivity (Wildman–Crippen MR) is 134 cm³/mol. The molecular weight excluding hydrogens is 460 g/mol. The van der Waals surface area contributed by atoms with Crippen molar-refractivity contribution in [2.45, 2.75) is 27.7 Å². The van der Waals surface area contributed by atoms with Crippen LogP contribution in [0.1, 0.15) is 28.1 Å². The summed E-state index contributed by atoms with van der Waals surface area (Å²) in [6.07, 6.45) is 2.63. The van der Waals surface area contributed by atoms with E-state index in [2.05, 4.69) is 15.1 Å². The molecule has 33 heavy (non-hydrogen) atoms. The molecule has 2 aromatic carbocycles. The molecule has 3 rings (SSSR count). The van der Waals surface area contributed by atoms with E-state index >= 15 is 0 Å². The monoisotopic (exact) mass is 486 g/mol. The number of carbonyl (C=O) groups is 1. The largest absolute Gasteiger partial charge is 0.318 e. The molecule has 0 aliphatic carbocycles. The highest BCUT2D eigenvalue weighted by Crippen LogP contribution is 2.24. The van der Waals surface area contributed by atoms with Crippen molar-refractivity contribution >= 4 is 39.4 Å². The Kier molecular flexibility index (Phi) is 7.29. The Morgan fingerprint density at radius 2 is 1.76 bits per heavy atom. The summed E-state index contributed by atoms with van der Waals surface area (Å²) < 4.78 is 27.9. The lowest BCUT2D eigenvalue weighted by atomic mass is 10.1. The Morgan fingerprint density at radius 1 is 1.09 bits per heavy atom. The summed E-state index contributed by atoms with van der Waals surface area (Å²) in [5.41, 5.74) is 8.32. The number of halogens is 1. The van der Waals surface area contributed by atoms with Crippen LogP contribution < -0.4 is 9.73 Å². The lowest BCUT2D eigenvalue weighted by molar-refractivity contribution is -0.119. The van der Waals surface area contributed by atoms with Crippen LogP contribution in [0.25, 0.3) is 5.69 Å². The molecule has 7 nitrogen and oxygen atoms in total. The molecule has 0 aliphatic rings. The van der Waals surface area contributed by atoms with Crippen molar-refractivity contribution in [1.82, 2.24) is 9.99 Å². The van der Waals surface area contributed by atoms with Crippen LogP contribution in [0.5, 0.6) is 0 Å². The molecule has 9 heteroatoms. The van der Waals surface area contributed by atoms with Crippen LogP contribution in [-0.2, 0) is 14.8 Å². The Labute approximate surface area is 199 Å². The number of hydrogen-bond acceptors (Lipinski definition) is 4. The van der Waals surface area contributed by atoms with Gasteiger partial charge in [0, 0.05) is 27.7 Å². The summed E-state index contributed by atoms with van der Waals surface area (Å²) in [5.74, 6) is -0.538. The van der Waals surface area contributed by atoms with Gasteiger partial charge in [0.05, 0.1) is 18.2 Å². The third kappa shape index (κ3) is 5.83. The zero-order valence-corrected chi connectivity index (χ0v) is 20.8. The number of benzene rings is 2. The maximum Gasteiger partial charge on any atom is 0.260 e. The van der Waals surface area contributed by atoms with Crippen LogP contribution in [0.4, 0.5) is 5.69 Å². The average molecular weight is 487 g/mol. The summed E-state index contributed by atoms with van der Waals surface area (Å²) in [7, 11) is -3.66. The number of hydrogen-bond donors (Lipinski definition) is 1. The standard InChI is InChI=1S/C24H27ClN4O3S/c1-16-6-7-17(2)23(12-16)28(33(5,31)32)15-24(30)27-26-14-20-13-18(3)29(19(20)4)22-10-8-21(25)9-11-22/h6-14H,15H2,1-5H3,(H,27,30)/b26-14-. The normalized spacial score (nSPS) is 11.7. The third-order valence-electron chi connectivity index (χ3n) is 5.27. The molecule has 1 amide bonds. The first-order valence-corrected chi connectivity index (χ1v) is 12.5. The van der Waals surface area contributed by atoms with Crippen LogP contribution in [-0.4, -0.2) is 37.9 Å². The van der Waals surface area contributed by atoms with Gasteiger partial charge in [-0.05, 0) is 75.2 Å². The molecule has 174 valence electrons. The molecule has 0 unspecified atom stereocenters. The fourth-order valence-corrected chi connectivity index (χ4v) is 4.65. The van der Waals surface area contributed by atoms with Gasteiger partial charge in [-0.2, -0.15) is 5.10 Å². The first kappa shape index (κ1) is 24.5. The molecule has 0 spiro atoms. The van der Waals surface area contributed by atoms with Gasteiger partial charge in [-0.25, -0.2) is 13.8 Å². The van der Waals surface area contributed by atoms with E-state index in [1.54, 1.807) is 19.2 Å². The number of carbonyl (C=O) groups excluding carboxylic acids is 1. The molecule has 0 bridgehead atoms. The van der Waals surface area contributed by atoms with E-state index in [0.29, 0.717) is 10.7 Å². The van der Waals surface area contributed by atoms with Gasteiger partial charge in [-0.1, -0.05) is 23.7 Å². The number of anilines is 1. The van der Waals surface area contributed by atoms with Gasteiger partial charge in [-0.15, -0.1) is 0 Å². The topological polar surface area (TPSA) is 83.8 Å². The first-order valence-electron chi connectivity index (χ1n) is 10.3. The Bertz CT molecular complexity index is 1310. The summed E-state index contributed by atoms with van der Waals surface area (Å²) in [4.78, 5) is 12.5. The van der Waals surface area contributed by atoms with Crippen molar-refractivity contribution in [3.8, 4) is 5.69 Å². The second kappa shape index (κ2) is 9.80. The van der Waals surface area contributed by atoms with Crippen molar-refractivity contribution in [3.63, 3.8) is 0 Å². The maximum absolute atomic E-state index is 12.5. The van der Waals surface area contributed by atoms with Crippen LogP contribution >= 0.6 is 11.6 Å². The van der Waals surface area contributed by atoms with E-state index in [4.69, 9.17) is 11.6 Å². The molecule has 0 saturated heterocycles. The molecule has 1 N–H and O–H groups in total. The van der Waals surface area contributed by atoms with Gasteiger partial charge < -0.3 is 4.57 Å². The van der Waals surface area contributed by atoms with Crippen molar-refractivity contribution in [1.29, 1.82) is 0 Å². The SMILES string of the molecule is Cc1ccc(C)c(N(CC(=O)N/N=C\c2cc(C)n(-c3ccc(Cl)cc3)c2C)S(C)(=O)=O)c1. The number of sulfonamides is 1. The number of hydrazone groups is 1. The number of rotatable bonds is 7. The Hall–Kier alpha value is -3.10. The summed E-state index contributed by atoms with van der Waals surface area (Å²) in [5, 5.41) is 4.71. The third-order valence-corrected chi connectivity index (χ3v) is 6.65. The summed E-state index contributed by atoms with van der Waals surface area (Å²) in [6, 6.07) is 14.9. The molecule has 0 fully saturated rings. The smallest absolute Gasteiger partial charge is 0.260 e. The number of aromatic nitrogens is 1. The Morgan fingerprint density at radius 3 is 2.39 bits per heavy atom. The lowest BCUT2D eigenvalue weighted by Crippen LogP contribution is -2.39. The Balaban J connectivity index is 1.76. The second-order valence-electron chi connectivity index (χ2n) is 7.99. The quantitative estimate of drug-likeness (QED) is 0.399. The fourth-order valence-electron chi connectivity index (χ4n) is 3.61. The summed E-state index contributed by atoms with van der Waals surface area (Å²) >= 11 is 5.99. The van der Waals surface area contributed by atoms with Crippen molar-refractivity contribution in [3.05, 3.63) is 81.6 Å². The number of nitrogens with zero attached hydrogens (tertiary/aromatic N) is 3. The lowest BCUT2D eigenvalue weighted by Gasteiger charge is -2.23. The molecular formula is C24H27ClN4O3S. The van der Waals surface area contributed by atoms with E-state index in [1.807, 2.05) is 63.2 Å². The van der Waals surface area contributed by atoms with Crippen molar-refractivity contribution in [2.75, 3.05) is 17.1 Å². The molecule has 3 aromatic rings. The number of nitrogens with one attached hydrogen (secondary N) is 1. The van der Waals surface area contributed by atoms with Gasteiger partial charge in [0.15, 0.2) is 0 Å². The van der Waals surface area contributed by atoms with Gasteiger partial charge >= 0.3 is 0 Å². The maximum atomic E-state index is 12.5. The van der Waals surface area contributed by atoms with E-state index in [-0.39, 0.29) is 6.54 Å². The highest BCUT2D eigenvalue weighted by molar-refractivity contribution is 7.92. The highest BCUT2D eigenvalue weighted by atomic mass is 35.5. The van der Waals surface area contributed by atoms with E-state index < -0.39 is 15.9 Å². The first-order chi connectivity index (χ1) is 15.5. The second-order valence-corrected chi connectivity index (χ2v) is 10.3. The molecule has 1 aromatic heterocycles. The van der Waals surface area contributed by atoms with Crippen LogP contribution in [0, 0.1) is 27.7 Å². The van der Waals surface area contributed by atoms with Gasteiger partial charge in [0.2, 0.25) is 10.0 Å². The van der Waals surface area contributed by atoms with Crippen LogP contribution in [0.3, 0.4) is 0 Å². The molecule has 0 atom stereocenters. The molecule has 0 radical (unpaired) electrons. The molecule has 0 aliphatic heterocycles. The number of amides is 1. The van der Waals surface area contributed by atoms with Gasteiger partial charge in [0.1, 0.15) is 6.54 Å². The predicted octanol–water partition coefficient (Wildman–Crippen LogP) is 4.28. The van der Waals surface area contributed by atoms with Crippen LogP contribution in [0.2, 0.25) is 5.02 Å². The van der Waals surface area contributed by atoms with Gasteiger partial charge in [0.25, 0.3) is 5.91 Å². The zero-order chi connectivity index (χ0) is 24.3. The van der Waals surface area contributed by atoms with E-state index in [9.17, 15) is 13.2 Å². The van der Waals surface area contributed by atoms with Crippen molar-refractivity contribution < 1.29 is 13.2 Å². The average Bonchev–Trinajstić information content (AvgIpc) is 3.01. The fraction of sp³-hybridized carbons (Fsp3) is 0.250.